The zero-order chi connectivity index (χ0) is 19.8. The molecule has 1 aromatic carbocycles. The van der Waals surface area contributed by atoms with Crippen molar-refractivity contribution in [3.05, 3.63) is 41.5 Å². The van der Waals surface area contributed by atoms with Gasteiger partial charge in [-0.3, -0.25) is 4.79 Å². The number of fused-ring (bicyclic) bond motifs is 4. The lowest BCUT2D eigenvalue weighted by Crippen LogP contribution is -2.63. The molecule has 1 unspecified atom stereocenters. The van der Waals surface area contributed by atoms with Crippen molar-refractivity contribution in [1.29, 1.82) is 0 Å². The first-order valence-corrected chi connectivity index (χ1v) is 11.6. The van der Waals surface area contributed by atoms with Crippen molar-refractivity contribution < 1.29 is 4.79 Å². The van der Waals surface area contributed by atoms with Gasteiger partial charge < -0.3 is 5.32 Å². The molecule has 1 aromatic rings. The minimum atomic E-state index is 0.00565. The average molecular weight is 386 g/mol. The highest BCUT2D eigenvalue weighted by Gasteiger charge is 2.64. The second-order valence-electron chi connectivity index (χ2n) is 10.5. The van der Waals surface area contributed by atoms with Crippen LogP contribution in [0.1, 0.15) is 70.3 Å². The highest BCUT2D eigenvalue weighted by Crippen LogP contribution is 2.70. The van der Waals surface area contributed by atoms with E-state index in [-0.39, 0.29) is 5.54 Å². The number of carbonyl (C=O) groups excluding carboxylic acids is 1. The molecule has 3 saturated carbocycles. The molecule has 0 radical (unpaired) electrons. The molecule has 2 nitrogen and oxygen atoms in total. The Morgan fingerprint density at radius 3 is 2.86 bits per heavy atom. The first-order chi connectivity index (χ1) is 14.1. The molecule has 0 bridgehead atoms. The molecule has 29 heavy (non-hydrogen) atoms. The molecule has 0 amide bonds. The topological polar surface area (TPSA) is 29.1 Å². The van der Waals surface area contributed by atoms with Gasteiger partial charge in [0.1, 0.15) is 0 Å². The van der Waals surface area contributed by atoms with Crippen LogP contribution < -0.4 is 5.32 Å². The normalized spacial score (nSPS) is 44.1. The standard InChI is InChI=1S/C27H31NO/c1-3-6-17-10-12-23-21-11-9-18-15-19(29)13-14-27(18)25(21)22(16-26(17,23)2)20-7-4-5-8-24(20)28-27/h4-5,7-8,15,17,21-23,25,28H,9-14,16H2,1-2H3/t17-,21+,22-,23+,25?,26-,27-/m1/s1. The van der Waals surface area contributed by atoms with Crippen LogP contribution in [0, 0.1) is 40.9 Å². The molecule has 5 aliphatic rings. The van der Waals surface area contributed by atoms with E-state index in [4.69, 9.17) is 0 Å². The van der Waals surface area contributed by atoms with Crippen LogP contribution in [0.15, 0.2) is 35.9 Å². The molecular formula is C27H31NO. The molecular weight excluding hydrogens is 354 g/mol. The molecule has 150 valence electrons. The van der Waals surface area contributed by atoms with E-state index in [1.54, 1.807) is 0 Å². The number of benzene rings is 1. The Kier molecular flexibility index (Phi) is 3.69. The number of rotatable bonds is 0. The van der Waals surface area contributed by atoms with Gasteiger partial charge in [-0.05, 0) is 97.8 Å². The van der Waals surface area contributed by atoms with Crippen molar-refractivity contribution in [3.63, 3.8) is 0 Å². The fourth-order valence-electron chi connectivity index (χ4n) is 8.49. The molecule has 0 aromatic heterocycles. The number of carbonyl (C=O) groups is 1. The van der Waals surface area contributed by atoms with Crippen molar-refractivity contribution >= 4 is 11.5 Å². The Morgan fingerprint density at radius 1 is 1.14 bits per heavy atom. The van der Waals surface area contributed by atoms with Gasteiger partial charge in [-0.15, -0.1) is 5.92 Å². The van der Waals surface area contributed by atoms with Gasteiger partial charge in [0, 0.05) is 18.0 Å². The third-order valence-electron chi connectivity index (χ3n) is 9.51. The number of nitrogens with one attached hydrogen (secondary N) is 1. The van der Waals surface area contributed by atoms with Gasteiger partial charge in [-0.2, -0.15) is 0 Å². The fourth-order valence-corrected chi connectivity index (χ4v) is 8.49. The highest BCUT2D eigenvalue weighted by molar-refractivity contribution is 5.92. The second kappa shape index (κ2) is 6.00. The summed E-state index contributed by atoms with van der Waals surface area (Å²) in [7, 11) is 0. The van der Waals surface area contributed by atoms with Crippen LogP contribution in [-0.2, 0) is 4.79 Å². The smallest absolute Gasteiger partial charge is 0.155 e. The maximum absolute atomic E-state index is 12.3. The number of anilines is 1. The lowest BCUT2D eigenvalue weighted by Gasteiger charge is -2.64. The first kappa shape index (κ1) is 17.8. The molecule has 1 aliphatic heterocycles. The third-order valence-corrected chi connectivity index (χ3v) is 9.51. The van der Waals surface area contributed by atoms with E-state index in [1.807, 2.05) is 13.0 Å². The van der Waals surface area contributed by atoms with Crippen molar-refractivity contribution in [3.8, 4) is 11.8 Å². The van der Waals surface area contributed by atoms with Crippen LogP contribution in [0.25, 0.3) is 0 Å². The monoisotopic (exact) mass is 385 g/mol. The molecule has 1 spiro atoms. The summed E-state index contributed by atoms with van der Waals surface area (Å²) in [5.74, 6) is 10.5. The van der Waals surface area contributed by atoms with E-state index in [1.165, 1.54) is 42.5 Å². The van der Waals surface area contributed by atoms with Crippen LogP contribution in [0.3, 0.4) is 0 Å². The SMILES string of the molecule is CC#C[C@@H]1CC[C@H]2[C@@H]3CCC4=CC(=O)CC[C@@]45Nc4ccccc4[C@@H](C[C@]12C)C35. The van der Waals surface area contributed by atoms with Gasteiger partial charge in [0.05, 0.1) is 5.54 Å². The molecule has 6 rings (SSSR count). The predicted octanol–water partition coefficient (Wildman–Crippen LogP) is 5.71. The molecule has 0 saturated heterocycles. The number of para-hydroxylation sites is 1. The summed E-state index contributed by atoms with van der Waals surface area (Å²) in [6, 6.07) is 9.01. The van der Waals surface area contributed by atoms with Crippen molar-refractivity contribution in [2.45, 2.75) is 70.3 Å². The largest absolute Gasteiger partial charge is 0.375 e. The summed E-state index contributed by atoms with van der Waals surface area (Å²) < 4.78 is 0. The maximum Gasteiger partial charge on any atom is 0.155 e. The third kappa shape index (κ3) is 2.23. The van der Waals surface area contributed by atoms with Crippen LogP contribution in [0.5, 0.6) is 0 Å². The number of hydrogen-bond donors (Lipinski definition) is 1. The van der Waals surface area contributed by atoms with Crippen molar-refractivity contribution in [2.24, 2.45) is 29.1 Å². The Morgan fingerprint density at radius 2 is 2.00 bits per heavy atom. The summed E-state index contributed by atoms with van der Waals surface area (Å²) in [5.41, 5.74) is 4.56. The Hall–Kier alpha value is -2.01. The average Bonchev–Trinajstić information content (AvgIpc) is 3.04. The summed E-state index contributed by atoms with van der Waals surface area (Å²) in [4.78, 5) is 12.3. The maximum atomic E-state index is 12.3. The van der Waals surface area contributed by atoms with Crippen LogP contribution in [0.2, 0.25) is 0 Å². The molecule has 2 heteroatoms. The summed E-state index contributed by atoms with van der Waals surface area (Å²) >= 11 is 0. The van der Waals surface area contributed by atoms with Gasteiger partial charge in [-0.25, -0.2) is 0 Å². The van der Waals surface area contributed by atoms with E-state index >= 15 is 0 Å². The number of hydrogen-bond acceptors (Lipinski definition) is 2. The minimum absolute atomic E-state index is 0.00565. The summed E-state index contributed by atoms with van der Waals surface area (Å²) in [5, 5.41) is 4.04. The van der Waals surface area contributed by atoms with Crippen LogP contribution >= 0.6 is 0 Å². The molecule has 4 aliphatic carbocycles. The highest BCUT2D eigenvalue weighted by atomic mass is 16.1. The van der Waals surface area contributed by atoms with E-state index in [9.17, 15) is 4.79 Å². The Labute approximate surface area is 174 Å². The molecule has 3 fully saturated rings. The van der Waals surface area contributed by atoms with E-state index in [0.29, 0.717) is 35.4 Å². The number of ketones is 1. The van der Waals surface area contributed by atoms with Gasteiger partial charge in [0.15, 0.2) is 5.78 Å². The van der Waals surface area contributed by atoms with E-state index in [0.717, 1.165) is 24.7 Å². The first-order valence-electron chi connectivity index (χ1n) is 11.6. The van der Waals surface area contributed by atoms with Gasteiger partial charge in [0.25, 0.3) is 0 Å². The predicted molar refractivity (Wildman–Crippen MR) is 116 cm³/mol. The van der Waals surface area contributed by atoms with Crippen LogP contribution in [-0.4, -0.2) is 11.3 Å². The van der Waals surface area contributed by atoms with Crippen molar-refractivity contribution in [2.75, 3.05) is 5.32 Å². The molecule has 7 atom stereocenters. The second-order valence-corrected chi connectivity index (χ2v) is 10.5. The lowest BCUT2D eigenvalue weighted by atomic mass is 9.44. The fraction of sp³-hybridized carbons (Fsp3) is 0.593. The lowest BCUT2D eigenvalue weighted by molar-refractivity contribution is -0.116. The Bertz CT molecular complexity index is 980. The zero-order valence-electron chi connectivity index (χ0n) is 17.6. The van der Waals surface area contributed by atoms with Crippen molar-refractivity contribution in [1.82, 2.24) is 0 Å². The quantitative estimate of drug-likeness (QED) is 0.580. The molecule has 1 N–H and O–H groups in total. The van der Waals surface area contributed by atoms with Gasteiger partial charge in [0.2, 0.25) is 0 Å². The van der Waals surface area contributed by atoms with Crippen LogP contribution in [0.4, 0.5) is 5.69 Å². The van der Waals surface area contributed by atoms with E-state index < -0.39 is 0 Å². The minimum Gasteiger partial charge on any atom is -0.375 e. The van der Waals surface area contributed by atoms with E-state index in [2.05, 4.69) is 48.3 Å². The Balaban J connectivity index is 1.55. The summed E-state index contributed by atoms with van der Waals surface area (Å²) in [6.45, 7) is 4.57. The molecule has 1 heterocycles. The van der Waals surface area contributed by atoms with Gasteiger partial charge in [-0.1, -0.05) is 31.0 Å². The van der Waals surface area contributed by atoms with Gasteiger partial charge >= 0.3 is 0 Å². The summed E-state index contributed by atoms with van der Waals surface area (Å²) in [6.07, 6.45) is 9.88. The zero-order valence-corrected chi connectivity index (χ0v) is 17.6.